The fourth-order valence-electron chi connectivity index (χ4n) is 3.38. The van der Waals surface area contributed by atoms with Gasteiger partial charge in [-0.05, 0) is 57.2 Å². The number of benzene rings is 1. The number of nitrogens with zero attached hydrogens (tertiary/aromatic N) is 1. The molecular formula is C18H26FN3O3. The Labute approximate surface area is 147 Å². The summed E-state index contributed by atoms with van der Waals surface area (Å²) in [6.07, 6.45) is 1.03. The summed E-state index contributed by atoms with van der Waals surface area (Å²) in [7, 11) is 2.11. The molecule has 0 spiro atoms. The molecule has 1 aromatic carbocycles. The molecule has 0 aliphatic carbocycles. The van der Waals surface area contributed by atoms with Gasteiger partial charge >= 0.3 is 0 Å². The summed E-state index contributed by atoms with van der Waals surface area (Å²) in [4.78, 5) is 14.4. The highest BCUT2D eigenvalue weighted by molar-refractivity contribution is 5.94. The van der Waals surface area contributed by atoms with Crippen molar-refractivity contribution in [2.75, 3.05) is 33.3 Å². The van der Waals surface area contributed by atoms with Gasteiger partial charge in [-0.25, -0.2) is 4.39 Å². The first kappa shape index (κ1) is 18.3. The first-order valence-corrected chi connectivity index (χ1v) is 8.81. The fourth-order valence-corrected chi connectivity index (χ4v) is 3.38. The van der Waals surface area contributed by atoms with Crippen LogP contribution in [0.4, 0.5) is 4.39 Å². The highest BCUT2D eigenvalue weighted by atomic mass is 19.1. The minimum atomic E-state index is -0.659. The molecule has 2 heterocycles. The van der Waals surface area contributed by atoms with Gasteiger partial charge < -0.3 is 25.4 Å². The number of ether oxygens (including phenoxy) is 1. The third-order valence-electron chi connectivity index (χ3n) is 5.02. The highest BCUT2D eigenvalue weighted by Crippen LogP contribution is 2.17. The number of piperidine rings is 1. The molecule has 3 rings (SSSR count). The van der Waals surface area contributed by atoms with Crippen LogP contribution in [0.5, 0.6) is 0 Å². The van der Waals surface area contributed by atoms with Crippen LogP contribution in [0.1, 0.15) is 23.2 Å². The average Bonchev–Trinajstić information content (AvgIpc) is 2.95. The molecule has 0 aromatic heterocycles. The van der Waals surface area contributed by atoms with E-state index in [9.17, 15) is 14.3 Å². The van der Waals surface area contributed by atoms with Crippen molar-refractivity contribution in [1.29, 1.82) is 0 Å². The molecule has 3 N–H and O–H groups in total. The predicted octanol–water partition coefficient (Wildman–Crippen LogP) is 0.368. The quantitative estimate of drug-likeness (QED) is 0.715. The van der Waals surface area contributed by atoms with E-state index in [1.54, 1.807) is 0 Å². The summed E-state index contributed by atoms with van der Waals surface area (Å²) in [6.45, 7) is 2.77. The summed E-state index contributed by atoms with van der Waals surface area (Å²) in [6, 6.07) is 5.64. The van der Waals surface area contributed by atoms with E-state index in [4.69, 9.17) is 4.74 Å². The predicted molar refractivity (Wildman–Crippen MR) is 91.9 cm³/mol. The van der Waals surface area contributed by atoms with Gasteiger partial charge in [0.1, 0.15) is 11.9 Å². The van der Waals surface area contributed by atoms with E-state index in [-0.39, 0.29) is 24.3 Å². The highest BCUT2D eigenvalue weighted by Gasteiger charge is 2.37. The first-order valence-electron chi connectivity index (χ1n) is 8.81. The molecule has 138 valence electrons. The lowest BCUT2D eigenvalue weighted by Crippen LogP contribution is -2.51. The van der Waals surface area contributed by atoms with Crippen molar-refractivity contribution < 1.29 is 19.0 Å². The van der Waals surface area contributed by atoms with E-state index in [1.165, 1.54) is 24.3 Å². The minimum Gasteiger partial charge on any atom is -0.389 e. The number of halogens is 1. The van der Waals surface area contributed by atoms with Crippen LogP contribution in [-0.4, -0.2) is 73.5 Å². The van der Waals surface area contributed by atoms with Gasteiger partial charge in [0.15, 0.2) is 0 Å². The Morgan fingerprint density at radius 1 is 1.32 bits per heavy atom. The van der Waals surface area contributed by atoms with Crippen LogP contribution in [-0.2, 0) is 4.74 Å². The Morgan fingerprint density at radius 2 is 2.00 bits per heavy atom. The maximum Gasteiger partial charge on any atom is 0.251 e. The third kappa shape index (κ3) is 4.76. The number of amides is 1. The number of aliphatic hydroxyl groups is 1. The number of carbonyl (C=O) groups excluding carboxylic acids is 1. The second-order valence-corrected chi connectivity index (χ2v) is 6.93. The van der Waals surface area contributed by atoms with E-state index in [0.717, 1.165) is 25.9 Å². The molecule has 2 aliphatic rings. The fraction of sp³-hybridized carbons (Fsp3) is 0.611. The Balaban J connectivity index is 1.44. The van der Waals surface area contributed by atoms with E-state index >= 15 is 0 Å². The van der Waals surface area contributed by atoms with Gasteiger partial charge in [-0.1, -0.05) is 0 Å². The van der Waals surface area contributed by atoms with E-state index < -0.39 is 12.2 Å². The van der Waals surface area contributed by atoms with Crippen molar-refractivity contribution in [3.8, 4) is 0 Å². The Hall–Kier alpha value is -1.54. The molecule has 1 amide bonds. The minimum absolute atomic E-state index is 0.110. The summed E-state index contributed by atoms with van der Waals surface area (Å²) in [5.41, 5.74) is 0.384. The lowest BCUT2D eigenvalue weighted by molar-refractivity contribution is 0.0393. The zero-order valence-electron chi connectivity index (χ0n) is 14.5. The van der Waals surface area contributed by atoms with Crippen LogP contribution in [0.15, 0.2) is 24.3 Å². The zero-order valence-corrected chi connectivity index (χ0v) is 14.5. The van der Waals surface area contributed by atoms with E-state index in [2.05, 4.69) is 22.6 Å². The van der Waals surface area contributed by atoms with Gasteiger partial charge in [-0.2, -0.15) is 0 Å². The van der Waals surface area contributed by atoms with E-state index in [0.29, 0.717) is 18.2 Å². The number of aliphatic hydroxyl groups excluding tert-OH is 1. The van der Waals surface area contributed by atoms with Crippen LogP contribution in [0.2, 0.25) is 0 Å². The van der Waals surface area contributed by atoms with Gasteiger partial charge in [0.2, 0.25) is 0 Å². The molecule has 3 atom stereocenters. The normalized spacial score (nSPS) is 28.2. The van der Waals surface area contributed by atoms with Crippen LogP contribution >= 0.6 is 0 Å². The molecule has 25 heavy (non-hydrogen) atoms. The number of rotatable bonds is 5. The van der Waals surface area contributed by atoms with Crippen molar-refractivity contribution in [3.05, 3.63) is 35.6 Å². The number of carbonyl (C=O) groups is 1. The summed E-state index contributed by atoms with van der Waals surface area (Å²) in [5, 5.41) is 16.7. The monoisotopic (exact) mass is 351 g/mol. The number of hydrogen-bond donors (Lipinski definition) is 3. The molecule has 3 unspecified atom stereocenters. The second-order valence-electron chi connectivity index (χ2n) is 6.93. The topological polar surface area (TPSA) is 73.8 Å². The van der Waals surface area contributed by atoms with Crippen molar-refractivity contribution in [2.45, 2.75) is 37.1 Å². The number of hydrogen-bond acceptors (Lipinski definition) is 5. The van der Waals surface area contributed by atoms with Crippen molar-refractivity contribution in [3.63, 3.8) is 0 Å². The molecule has 0 radical (unpaired) electrons. The molecule has 2 fully saturated rings. The lowest BCUT2D eigenvalue weighted by Gasteiger charge is -2.32. The summed E-state index contributed by atoms with van der Waals surface area (Å²) < 4.78 is 18.5. The molecule has 2 saturated heterocycles. The van der Waals surface area contributed by atoms with Gasteiger partial charge in [-0.3, -0.25) is 4.79 Å². The Morgan fingerprint density at radius 3 is 2.68 bits per heavy atom. The molecular weight excluding hydrogens is 325 g/mol. The molecule has 1 aromatic rings. The van der Waals surface area contributed by atoms with E-state index in [1.807, 2.05) is 0 Å². The standard InChI is InChI=1S/C18H26FN3O3/c1-22-8-6-14(7-9-22)21-15-11-25-16(17(15)23)10-20-18(24)12-2-4-13(19)5-3-12/h2-5,14-17,21,23H,6-11H2,1H3,(H,20,24). The van der Waals surface area contributed by atoms with Crippen LogP contribution in [0.25, 0.3) is 0 Å². The third-order valence-corrected chi connectivity index (χ3v) is 5.02. The number of likely N-dealkylation sites (tertiary alicyclic amines) is 1. The van der Waals surface area contributed by atoms with Crippen LogP contribution < -0.4 is 10.6 Å². The molecule has 0 bridgehead atoms. The zero-order chi connectivity index (χ0) is 17.8. The summed E-state index contributed by atoms with van der Waals surface area (Å²) in [5.74, 6) is -0.684. The van der Waals surface area contributed by atoms with Gasteiger partial charge in [0, 0.05) is 18.2 Å². The molecule has 6 nitrogen and oxygen atoms in total. The average molecular weight is 351 g/mol. The SMILES string of the molecule is CN1CCC(NC2COC(CNC(=O)c3ccc(F)cc3)C2O)CC1. The molecule has 0 saturated carbocycles. The molecule has 2 aliphatic heterocycles. The van der Waals surface area contributed by atoms with Gasteiger partial charge in [0.25, 0.3) is 5.91 Å². The van der Waals surface area contributed by atoms with Crippen molar-refractivity contribution in [2.24, 2.45) is 0 Å². The maximum atomic E-state index is 12.9. The first-order chi connectivity index (χ1) is 12.0. The second kappa shape index (κ2) is 8.23. The van der Waals surface area contributed by atoms with Crippen LogP contribution in [0.3, 0.4) is 0 Å². The Bertz CT molecular complexity index is 575. The lowest BCUT2D eigenvalue weighted by atomic mass is 10.0. The summed E-state index contributed by atoms with van der Waals surface area (Å²) >= 11 is 0. The largest absolute Gasteiger partial charge is 0.389 e. The van der Waals surface area contributed by atoms with Gasteiger partial charge in [0.05, 0.1) is 18.8 Å². The maximum absolute atomic E-state index is 12.9. The number of nitrogens with one attached hydrogen (secondary N) is 2. The molecule has 7 heteroatoms. The van der Waals surface area contributed by atoms with Crippen molar-refractivity contribution >= 4 is 5.91 Å². The van der Waals surface area contributed by atoms with Gasteiger partial charge in [-0.15, -0.1) is 0 Å². The smallest absolute Gasteiger partial charge is 0.251 e. The Kier molecular flexibility index (Phi) is 6.01. The van der Waals surface area contributed by atoms with Crippen LogP contribution in [0, 0.1) is 5.82 Å². The van der Waals surface area contributed by atoms with Crippen molar-refractivity contribution in [1.82, 2.24) is 15.5 Å².